The van der Waals surface area contributed by atoms with Gasteiger partial charge in [0, 0.05) is 5.41 Å². The van der Waals surface area contributed by atoms with E-state index in [9.17, 15) is 13.2 Å². The maximum Gasteiger partial charge on any atom is 0.252 e. The molecule has 2 rings (SSSR count). The predicted octanol–water partition coefficient (Wildman–Crippen LogP) is 0.773. The minimum absolute atomic E-state index is 0.0119. The van der Waals surface area contributed by atoms with Crippen LogP contribution in [0.3, 0.4) is 0 Å². The van der Waals surface area contributed by atoms with Gasteiger partial charge in [0.05, 0.1) is 28.7 Å². The van der Waals surface area contributed by atoms with Gasteiger partial charge < -0.3 is 5.73 Å². The summed E-state index contributed by atoms with van der Waals surface area (Å²) in [4.78, 5) is 12.7. The number of nitrogens with two attached hydrogens (primary N) is 1. The Hall–Kier alpha value is -0.950. The van der Waals surface area contributed by atoms with E-state index in [1.807, 2.05) is 27.7 Å². The first kappa shape index (κ1) is 16.4. The molecule has 2 aliphatic heterocycles. The molecule has 0 spiro atoms. The van der Waals surface area contributed by atoms with Crippen molar-refractivity contribution in [2.45, 2.75) is 46.1 Å². The molecule has 2 heterocycles. The van der Waals surface area contributed by atoms with Crippen molar-refractivity contribution < 1.29 is 13.2 Å². The van der Waals surface area contributed by atoms with Crippen LogP contribution in [0.25, 0.3) is 0 Å². The minimum Gasteiger partial charge on any atom is -0.330 e. The van der Waals surface area contributed by atoms with Gasteiger partial charge in [-0.25, -0.2) is 13.4 Å². The summed E-state index contributed by atoms with van der Waals surface area (Å²) in [7, 11) is -3.09. The van der Waals surface area contributed by atoms with Gasteiger partial charge in [0.15, 0.2) is 9.84 Å². The van der Waals surface area contributed by atoms with Crippen LogP contribution in [0.5, 0.6) is 0 Å². The first-order valence-corrected chi connectivity index (χ1v) is 9.16. The van der Waals surface area contributed by atoms with Crippen LogP contribution in [0.15, 0.2) is 5.10 Å². The van der Waals surface area contributed by atoms with Crippen molar-refractivity contribution in [2.24, 2.45) is 22.2 Å². The summed E-state index contributed by atoms with van der Waals surface area (Å²) in [6, 6.07) is 0. The summed E-state index contributed by atoms with van der Waals surface area (Å²) in [5.74, 6) is -0.322. The molecule has 2 unspecified atom stereocenters. The Morgan fingerprint density at radius 3 is 2.48 bits per heavy atom. The van der Waals surface area contributed by atoms with Crippen LogP contribution in [0, 0.1) is 11.3 Å². The molecule has 1 fully saturated rings. The average Bonchev–Trinajstić information content (AvgIpc) is 2.79. The fourth-order valence-corrected chi connectivity index (χ4v) is 5.25. The van der Waals surface area contributed by atoms with Gasteiger partial charge in [0.25, 0.3) is 5.91 Å². The van der Waals surface area contributed by atoms with Crippen LogP contribution in [0.1, 0.15) is 40.5 Å². The molecule has 2 N–H and O–H groups in total. The van der Waals surface area contributed by atoms with Crippen LogP contribution in [0.2, 0.25) is 0 Å². The number of hydrogen-bond donors (Lipinski definition) is 1. The van der Waals surface area contributed by atoms with Crippen LogP contribution < -0.4 is 5.73 Å². The Morgan fingerprint density at radius 2 is 2.05 bits per heavy atom. The lowest BCUT2D eigenvalue weighted by Gasteiger charge is -2.31. The van der Waals surface area contributed by atoms with Gasteiger partial charge in [-0.1, -0.05) is 20.8 Å². The van der Waals surface area contributed by atoms with Gasteiger partial charge in [0.1, 0.15) is 0 Å². The van der Waals surface area contributed by atoms with Gasteiger partial charge in [-0.2, -0.15) is 5.10 Å². The topological polar surface area (TPSA) is 92.8 Å². The first-order chi connectivity index (χ1) is 9.50. The van der Waals surface area contributed by atoms with E-state index in [1.165, 1.54) is 5.01 Å². The van der Waals surface area contributed by atoms with E-state index in [-0.39, 0.29) is 28.7 Å². The van der Waals surface area contributed by atoms with Crippen molar-refractivity contribution in [3.63, 3.8) is 0 Å². The van der Waals surface area contributed by atoms with Gasteiger partial charge in [-0.15, -0.1) is 0 Å². The van der Waals surface area contributed by atoms with E-state index >= 15 is 0 Å². The summed E-state index contributed by atoms with van der Waals surface area (Å²) in [5.41, 5.74) is 5.47. The third-order valence-electron chi connectivity index (χ3n) is 4.26. The maximum atomic E-state index is 12.7. The van der Waals surface area contributed by atoms with E-state index in [0.29, 0.717) is 19.4 Å². The van der Waals surface area contributed by atoms with Crippen molar-refractivity contribution in [1.82, 2.24) is 5.01 Å². The summed E-state index contributed by atoms with van der Waals surface area (Å²) in [5, 5.41) is 5.97. The molecule has 21 heavy (non-hydrogen) atoms. The maximum absolute atomic E-state index is 12.7. The highest BCUT2D eigenvalue weighted by molar-refractivity contribution is 7.91. The second-order valence-electron chi connectivity index (χ2n) is 7.35. The Morgan fingerprint density at radius 1 is 1.43 bits per heavy atom. The van der Waals surface area contributed by atoms with Gasteiger partial charge in [-0.05, 0) is 26.3 Å². The molecule has 7 heteroatoms. The number of carbonyl (C=O) groups is 1. The monoisotopic (exact) mass is 315 g/mol. The number of sulfone groups is 1. The lowest BCUT2D eigenvalue weighted by atomic mass is 9.81. The average molecular weight is 315 g/mol. The van der Waals surface area contributed by atoms with E-state index in [0.717, 1.165) is 5.71 Å². The molecule has 2 atom stereocenters. The quantitative estimate of drug-likeness (QED) is 0.832. The van der Waals surface area contributed by atoms with Crippen LogP contribution in [0.4, 0.5) is 0 Å². The number of hydrazone groups is 1. The number of rotatable bonds is 3. The zero-order chi connectivity index (χ0) is 16.1. The highest BCUT2D eigenvalue weighted by atomic mass is 32.2. The zero-order valence-electron chi connectivity index (χ0n) is 13.2. The molecule has 0 bridgehead atoms. The fourth-order valence-electron chi connectivity index (χ4n) is 3.14. The molecule has 0 saturated carbocycles. The fraction of sp³-hybridized carbons (Fsp3) is 0.857. The van der Waals surface area contributed by atoms with Crippen LogP contribution in [-0.4, -0.2) is 48.6 Å². The number of amides is 1. The lowest BCUT2D eigenvalue weighted by Crippen LogP contribution is -2.47. The predicted molar refractivity (Wildman–Crippen MR) is 82.6 cm³/mol. The van der Waals surface area contributed by atoms with Crippen LogP contribution >= 0.6 is 0 Å². The van der Waals surface area contributed by atoms with E-state index in [1.54, 1.807) is 0 Å². The lowest BCUT2D eigenvalue weighted by molar-refractivity contribution is -0.136. The van der Waals surface area contributed by atoms with E-state index < -0.39 is 15.4 Å². The number of nitrogens with zero attached hydrogens (tertiary/aromatic N) is 2. The Balaban J connectivity index is 2.38. The van der Waals surface area contributed by atoms with Crippen molar-refractivity contribution in [1.29, 1.82) is 0 Å². The minimum atomic E-state index is -3.09. The molecule has 0 aromatic rings. The smallest absolute Gasteiger partial charge is 0.252 e. The van der Waals surface area contributed by atoms with Gasteiger partial charge in [0.2, 0.25) is 0 Å². The van der Waals surface area contributed by atoms with Gasteiger partial charge in [-0.3, -0.25) is 4.79 Å². The molecule has 0 aliphatic carbocycles. The third kappa shape index (κ3) is 2.99. The standard InChI is InChI=1S/C14H25N3O3S/c1-13(2,3)11-10(5-7-15)12(18)17(16-11)14(4)6-8-21(19,20)9-14/h10H,5-9,15H2,1-4H3. The molecule has 6 nitrogen and oxygen atoms in total. The summed E-state index contributed by atoms with van der Waals surface area (Å²) >= 11 is 0. The van der Waals surface area contributed by atoms with Crippen molar-refractivity contribution in [2.75, 3.05) is 18.1 Å². The number of hydrogen-bond acceptors (Lipinski definition) is 5. The summed E-state index contributed by atoms with van der Waals surface area (Å²) in [6.07, 6.45) is 0.992. The molecular weight excluding hydrogens is 290 g/mol. The van der Waals surface area contributed by atoms with Gasteiger partial charge >= 0.3 is 0 Å². The Labute approximate surface area is 126 Å². The third-order valence-corrected chi connectivity index (χ3v) is 6.15. The van der Waals surface area contributed by atoms with E-state index in [2.05, 4.69) is 5.10 Å². The van der Waals surface area contributed by atoms with Crippen LogP contribution in [-0.2, 0) is 14.6 Å². The molecule has 1 saturated heterocycles. The SMILES string of the molecule is CC(C)(C)C1=NN(C2(C)CCS(=O)(=O)C2)C(=O)C1CCN. The highest BCUT2D eigenvalue weighted by Crippen LogP contribution is 2.38. The first-order valence-electron chi connectivity index (χ1n) is 7.34. The highest BCUT2D eigenvalue weighted by Gasteiger charge is 2.51. The molecule has 0 aromatic heterocycles. The molecule has 0 aromatic carbocycles. The molecule has 120 valence electrons. The Kier molecular flexibility index (Phi) is 3.95. The second-order valence-corrected chi connectivity index (χ2v) is 9.54. The van der Waals surface area contributed by atoms with Crippen molar-refractivity contribution in [3.8, 4) is 0 Å². The Bertz CT molecular complexity index is 577. The summed E-state index contributed by atoms with van der Waals surface area (Å²) < 4.78 is 23.6. The van der Waals surface area contributed by atoms with Crippen molar-refractivity contribution in [3.05, 3.63) is 0 Å². The molecule has 0 radical (unpaired) electrons. The van der Waals surface area contributed by atoms with Crippen molar-refractivity contribution >= 4 is 21.5 Å². The largest absolute Gasteiger partial charge is 0.330 e. The number of carbonyl (C=O) groups excluding carboxylic acids is 1. The second kappa shape index (κ2) is 5.05. The molecule has 1 amide bonds. The zero-order valence-corrected chi connectivity index (χ0v) is 14.0. The van der Waals surface area contributed by atoms with E-state index in [4.69, 9.17) is 5.73 Å². The normalized spacial score (nSPS) is 32.6. The summed E-state index contributed by atoms with van der Waals surface area (Å²) in [6.45, 7) is 8.26. The molecular formula is C14H25N3O3S. The molecule has 2 aliphatic rings.